The maximum Gasteiger partial charge on any atom is 0.307 e. The van der Waals surface area contributed by atoms with Crippen LogP contribution in [0.25, 0.3) is 0 Å². The van der Waals surface area contributed by atoms with Crippen LogP contribution in [0.2, 0.25) is 0 Å². The van der Waals surface area contributed by atoms with Crippen molar-refractivity contribution in [2.75, 3.05) is 19.7 Å². The predicted molar refractivity (Wildman–Crippen MR) is 71.2 cm³/mol. The molecule has 0 N–H and O–H groups in total. The van der Waals surface area contributed by atoms with E-state index in [1.165, 1.54) is 18.4 Å². The second-order valence-electron chi connectivity index (χ2n) is 4.68. The van der Waals surface area contributed by atoms with Crippen molar-refractivity contribution < 1.29 is 9.53 Å². The lowest BCUT2D eigenvalue weighted by Gasteiger charge is -2.27. The van der Waals surface area contributed by atoms with Gasteiger partial charge in [-0.1, -0.05) is 30.3 Å². The molecule has 1 heterocycles. The standard InChI is InChI=1S/C15H21NO2/c1-2-18-15(17)12-14(16-10-6-7-11-16)13-8-4-3-5-9-13/h3-5,8-9,14H,2,6-7,10-12H2,1H3. The lowest BCUT2D eigenvalue weighted by atomic mass is 10.0. The number of carbonyl (C=O) groups is 1. The van der Waals surface area contributed by atoms with Gasteiger partial charge in [0.2, 0.25) is 0 Å². The third-order valence-corrected chi connectivity index (χ3v) is 3.43. The Balaban J connectivity index is 2.10. The van der Waals surface area contributed by atoms with Crippen molar-refractivity contribution in [1.29, 1.82) is 0 Å². The summed E-state index contributed by atoms with van der Waals surface area (Å²) < 4.78 is 5.09. The Morgan fingerprint density at radius 1 is 1.28 bits per heavy atom. The first-order valence-corrected chi connectivity index (χ1v) is 6.76. The summed E-state index contributed by atoms with van der Waals surface area (Å²) in [7, 11) is 0. The van der Waals surface area contributed by atoms with E-state index in [0.29, 0.717) is 13.0 Å². The van der Waals surface area contributed by atoms with Gasteiger partial charge in [0.05, 0.1) is 13.0 Å². The van der Waals surface area contributed by atoms with Crippen LogP contribution in [0.4, 0.5) is 0 Å². The van der Waals surface area contributed by atoms with Gasteiger partial charge in [-0.15, -0.1) is 0 Å². The van der Waals surface area contributed by atoms with Crippen LogP contribution in [-0.4, -0.2) is 30.6 Å². The molecule has 1 aromatic carbocycles. The van der Waals surface area contributed by atoms with Crippen molar-refractivity contribution in [3.05, 3.63) is 35.9 Å². The number of likely N-dealkylation sites (tertiary alicyclic amines) is 1. The van der Waals surface area contributed by atoms with Crippen molar-refractivity contribution in [3.63, 3.8) is 0 Å². The quantitative estimate of drug-likeness (QED) is 0.749. The lowest BCUT2D eigenvalue weighted by Crippen LogP contribution is -2.28. The summed E-state index contributed by atoms with van der Waals surface area (Å²) in [6, 6.07) is 10.4. The minimum atomic E-state index is -0.0988. The van der Waals surface area contributed by atoms with Crippen LogP contribution in [0.3, 0.4) is 0 Å². The van der Waals surface area contributed by atoms with E-state index in [4.69, 9.17) is 4.74 Å². The largest absolute Gasteiger partial charge is 0.466 e. The highest BCUT2D eigenvalue weighted by Gasteiger charge is 2.25. The van der Waals surface area contributed by atoms with Crippen LogP contribution >= 0.6 is 0 Å². The third-order valence-electron chi connectivity index (χ3n) is 3.43. The zero-order valence-electron chi connectivity index (χ0n) is 11.0. The molecule has 1 aliphatic rings. The molecule has 0 bridgehead atoms. The van der Waals surface area contributed by atoms with E-state index in [1.54, 1.807) is 0 Å². The van der Waals surface area contributed by atoms with Crippen LogP contribution in [0.15, 0.2) is 30.3 Å². The van der Waals surface area contributed by atoms with Crippen LogP contribution in [0, 0.1) is 0 Å². The molecule has 1 atom stereocenters. The highest BCUT2D eigenvalue weighted by atomic mass is 16.5. The summed E-state index contributed by atoms with van der Waals surface area (Å²) in [6.45, 7) is 4.48. The smallest absolute Gasteiger partial charge is 0.307 e. The predicted octanol–water partition coefficient (Wildman–Crippen LogP) is 2.78. The monoisotopic (exact) mass is 247 g/mol. The molecule has 0 radical (unpaired) electrons. The second-order valence-corrected chi connectivity index (χ2v) is 4.68. The molecule has 2 rings (SSSR count). The highest BCUT2D eigenvalue weighted by molar-refractivity contribution is 5.70. The number of hydrogen-bond acceptors (Lipinski definition) is 3. The molecular weight excluding hydrogens is 226 g/mol. The first-order valence-electron chi connectivity index (χ1n) is 6.76. The van der Waals surface area contributed by atoms with Gasteiger partial charge >= 0.3 is 5.97 Å². The molecule has 3 nitrogen and oxygen atoms in total. The van der Waals surface area contributed by atoms with Gasteiger partial charge < -0.3 is 4.74 Å². The molecule has 1 unspecified atom stereocenters. The molecule has 1 aliphatic heterocycles. The number of benzene rings is 1. The SMILES string of the molecule is CCOC(=O)CC(c1ccccc1)N1CCCC1. The maximum absolute atomic E-state index is 11.7. The van der Waals surface area contributed by atoms with Gasteiger partial charge in [-0.3, -0.25) is 9.69 Å². The van der Waals surface area contributed by atoms with Crippen molar-refractivity contribution in [2.24, 2.45) is 0 Å². The number of ether oxygens (including phenoxy) is 1. The van der Waals surface area contributed by atoms with Gasteiger partial charge in [0, 0.05) is 6.04 Å². The van der Waals surface area contributed by atoms with Gasteiger partial charge in [-0.05, 0) is 38.4 Å². The molecule has 1 aromatic rings. The molecule has 3 heteroatoms. The zero-order chi connectivity index (χ0) is 12.8. The van der Waals surface area contributed by atoms with E-state index in [1.807, 2.05) is 25.1 Å². The summed E-state index contributed by atoms with van der Waals surface area (Å²) in [5.74, 6) is -0.0988. The number of esters is 1. The normalized spacial score (nSPS) is 17.6. The lowest BCUT2D eigenvalue weighted by molar-refractivity contribution is -0.144. The second kappa shape index (κ2) is 6.55. The molecule has 18 heavy (non-hydrogen) atoms. The molecule has 1 saturated heterocycles. The molecule has 0 spiro atoms. The number of carbonyl (C=O) groups excluding carboxylic acids is 1. The van der Waals surface area contributed by atoms with Gasteiger partial charge in [-0.25, -0.2) is 0 Å². The van der Waals surface area contributed by atoms with E-state index in [2.05, 4.69) is 17.0 Å². The number of hydrogen-bond donors (Lipinski definition) is 0. The van der Waals surface area contributed by atoms with Crippen LogP contribution in [0.5, 0.6) is 0 Å². The average molecular weight is 247 g/mol. The van der Waals surface area contributed by atoms with Gasteiger partial charge in [0.25, 0.3) is 0 Å². The Bertz CT molecular complexity index is 371. The highest BCUT2D eigenvalue weighted by Crippen LogP contribution is 2.28. The Labute approximate surface area is 109 Å². The molecule has 0 aromatic heterocycles. The fourth-order valence-electron chi connectivity index (χ4n) is 2.56. The first kappa shape index (κ1) is 13.1. The van der Waals surface area contributed by atoms with Gasteiger partial charge in [0.1, 0.15) is 0 Å². The van der Waals surface area contributed by atoms with E-state index >= 15 is 0 Å². The third kappa shape index (κ3) is 3.33. The topological polar surface area (TPSA) is 29.5 Å². The van der Waals surface area contributed by atoms with Crippen molar-refractivity contribution >= 4 is 5.97 Å². The first-order chi connectivity index (χ1) is 8.81. The Morgan fingerprint density at radius 2 is 1.94 bits per heavy atom. The minimum absolute atomic E-state index is 0.0988. The van der Waals surface area contributed by atoms with Gasteiger partial charge in [0.15, 0.2) is 0 Å². The Morgan fingerprint density at radius 3 is 2.56 bits per heavy atom. The number of nitrogens with zero attached hydrogens (tertiary/aromatic N) is 1. The molecule has 0 saturated carbocycles. The molecule has 98 valence electrons. The van der Waals surface area contributed by atoms with Crippen LogP contribution < -0.4 is 0 Å². The minimum Gasteiger partial charge on any atom is -0.466 e. The van der Waals surface area contributed by atoms with Crippen molar-refractivity contribution in [3.8, 4) is 0 Å². The van der Waals surface area contributed by atoms with Crippen LogP contribution in [-0.2, 0) is 9.53 Å². The molecule has 0 amide bonds. The van der Waals surface area contributed by atoms with E-state index in [0.717, 1.165) is 13.1 Å². The van der Waals surface area contributed by atoms with E-state index in [-0.39, 0.29) is 12.0 Å². The Hall–Kier alpha value is -1.35. The molecule has 0 aliphatic carbocycles. The molecular formula is C15H21NO2. The fourth-order valence-corrected chi connectivity index (χ4v) is 2.56. The summed E-state index contributed by atoms with van der Waals surface area (Å²) in [6.07, 6.45) is 2.91. The fraction of sp³-hybridized carbons (Fsp3) is 0.533. The van der Waals surface area contributed by atoms with Gasteiger partial charge in [-0.2, -0.15) is 0 Å². The zero-order valence-corrected chi connectivity index (χ0v) is 11.0. The maximum atomic E-state index is 11.7. The average Bonchev–Trinajstić information content (AvgIpc) is 2.91. The van der Waals surface area contributed by atoms with Crippen molar-refractivity contribution in [1.82, 2.24) is 4.90 Å². The summed E-state index contributed by atoms with van der Waals surface area (Å²) in [5, 5.41) is 0. The van der Waals surface area contributed by atoms with E-state index < -0.39 is 0 Å². The van der Waals surface area contributed by atoms with E-state index in [9.17, 15) is 4.79 Å². The number of rotatable bonds is 5. The Kier molecular flexibility index (Phi) is 4.76. The summed E-state index contributed by atoms with van der Waals surface area (Å²) >= 11 is 0. The summed E-state index contributed by atoms with van der Waals surface area (Å²) in [4.78, 5) is 14.1. The van der Waals surface area contributed by atoms with Crippen LogP contribution in [0.1, 0.15) is 37.8 Å². The van der Waals surface area contributed by atoms with Crippen molar-refractivity contribution in [2.45, 2.75) is 32.2 Å². The summed E-state index contributed by atoms with van der Waals surface area (Å²) in [5.41, 5.74) is 1.22. The molecule has 1 fully saturated rings.